The maximum atomic E-state index is 13.9. The van der Waals surface area contributed by atoms with Gasteiger partial charge in [-0.1, -0.05) is 43.8 Å². The summed E-state index contributed by atoms with van der Waals surface area (Å²) in [7, 11) is 1.62. The Morgan fingerprint density at radius 3 is 2.69 bits per heavy atom. The van der Waals surface area contributed by atoms with E-state index in [4.69, 9.17) is 0 Å². The molecule has 0 radical (unpaired) electrons. The summed E-state index contributed by atoms with van der Waals surface area (Å²) in [5.74, 6) is 0.144. The highest BCUT2D eigenvalue weighted by Gasteiger charge is 2.15. The van der Waals surface area contributed by atoms with Gasteiger partial charge in [-0.3, -0.25) is 14.2 Å². The van der Waals surface area contributed by atoms with Crippen LogP contribution in [0, 0.1) is 18.7 Å². The van der Waals surface area contributed by atoms with Gasteiger partial charge < -0.3 is 5.32 Å². The molecule has 0 saturated carbocycles. The lowest BCUT2D eigenvalue weighted by Crippen LogP contribution is -2.30. The monoisotopic (exact) mass is 377 g/mol. The minimum atomic E-state index is -0.339. The van der Waals surface area contributed by atoms with Crippen molar-refractivity contribution >= 4 is 17.7 Å². The van der Waals surface area contributed by atoms with Crippen LogP contribution in [0.2, 0.25) is 0 Å². The van der Waals surface area contributed by atoms with Crippen LogP contribution < -0.4 is 10.9 Å². The van der Waals surface area contributed by atoms with Crippen LogP contribution >= 0.6 is 11.8 Å². The van der Waals surface area contributed by atoms with E-state index < -0.39 is 0 Å². The third-order valence-corrected chi connectivity index (χ3v) is 4.94. The number of amides is 1. The summed E-state index contributed by atoms with van der Waals surface area (Å²) in [5.41, 5.74) is 1.27. The molecule has 1 amide bonds. The quantitative estimate of drug-likeness (QED) is 0.595. The number of aryl methyl sites for hydroxylation is 1. The molecule has 1 N–H and O–H groups in total. The van der Waals surface area contributed by atoms with Crippen LogP contribution in [-0.4, -0.2) is 27.8 Å². The number of carbonyl (C=O) groups excluding carboxylic acids is 1. The van der Waals surface area contributed by atoms with Gasteiger partial charge in [-0.2, -0.15) is 0 Å². The van der Waals surface area contributed by atoms with Gasteiger partial charge in [0.25, 0.3) is 5.56 Å². The van der Waals surface area contributed by atoms with Gasteiger partial charge in [0.2, 0.25) is 5.91 Å². The number of thioether (sulfide) groups is 1. The Hall–Kier alpha value is -2.15. The van der Waals surface area contributed by atoms with Crippen molar-refractivity contribution in [2.75, 3.05) is 12.3 Å². The first-order valence-electron chi connectivity index (χ1n) is 8.49. The van der Waals surface area contributed by atoms with Gasteiger partial charge in [-0.05, 0) is 24.5 Å². The van der Waals surface area contributed by atoms with Crippen molar-refractivity contribution in [2.24, 2.45) is 13.0 Å². The lowest BCUT2D eigenvalue weighted by atomic mass is 10.0. The molecule has 7 heteroatoms. The van der Waals surface area contributed by atoms with Crippen LogP contribution in [0.25, 0.3) is 0 Å². The molecule has 2 aromatic rings. The highest BCUT2D eigenvalue weighted by atomic mass is 32.2. The van der Waals surface area contributed by atoms with Gasteiger partial charge in [0, 0.05) is 31.3 Å². The van der Waals surface area contributed by atoms with Crippen LogP contribution in [0.5, 0.6) is 0 Å². The third-order valence-electron chi connectivity index (χ3n) is 3.91. The summed E-state index contributed by atoms with van der Waals surface area (Å²) in [6.45, 7) is 6.40. The third kappa shape index (κ3) is 5.17. The first-order valence-corrected chi connectivity index (χ1v) is 9.47. The molecular formula is C19H24FN3O2S. The largest absolute Gasteiger partial charge is 0.355 e. The van der Waals surface area contributed by atoms with E-state index >= 15 is 0 Å². The molecule has 140 valence electrons. The summed E-state index contributed by atoms with van der Waals surface area (Å²) in [5, 5.41) is 3.31. The number of halogens is 1. The standard InChI is InChI=1S/C19H24FN3O2S/c1-12(2)10-21-17(24)11-26-19-22-13(3)15(18(25)23(19)4)9-14-7-5-6-8-16(14)20/h5-8,12H,9-11H2,1-4H3,(H,21,24). The molecule has 0 aliphatic carbocycles. The minimum absolute atomic E-state index is 0.0916. The number of carbonyl (C=O) groups is 1. The number of aromatic nitrogens is 2. The maximum Gasteiger partial charge on any atom is 0.257 e. The summed E-state index contributed by atoms with van der Waals surface area (Å²) in [4.78, 5) is 29.0. The van der Waals surface area contributed by atoms with Crippen LogP contribution in [-0.2, 0) is 18.3 Å². The smallest absolute Gasteiger partial charge is 0.257 e. The normalized spacial score (nSPS) is 11.0. The number of benzene rings is 1. The number of nitrogens with one attached hydrogen (secondary N) is 1. The zero-order chi connectivity index (χ0) is 19.3. The Labute approximate surface area is 157 Å². The number of hydrogen-bond acceptors (Lipinski definition) is 4. The van der Waals surface area contributed by atoms with Gasteiger partial charge in [-0.15, -0.1) is 0 Å². The van der Waals surface area contributed by atoms with Crippen molar-refractivity contribution in [3.8, 4) is 0 Å². The first kappa shape index (κ1) is 20.2. The molecule has 0 aliphatic heterocycles. The lowest BCUT2D eigenvalue weighted by molar-refractivity contribution is -0.118. The van der Waals surface area contributed by atoms with Crippen molar-refractivity contribution < 1.29 is 9.18 Å². The van der Waals surface area contributed by atoms with E-state index in [1.165, 1.54) is 22.4 Å². The molecule has 0 bridgehead atoms. The summed E-state index contributed by atoms with van der Waals surface area (Å²) >= 11 is 1.22. The second-order valence-corrected chi connectivity index (χ2v) is 7.52. The van der Waals surface area contributed by atoms with Gasteiger partial charge >= 0.3 is 0 Å². The molecular weight excluding hydrogens is 353 g/mol. The Balaban J connectivity index is 2.16. The van der Waals surface area contributed by atoms with Gasteiger partial charge in [0.1, 0.15) is 5.82 Å². The number of hydrogen-bond donors (Lipinski definition) is 1. The van der Waals surface area contributed by atoms with E-state index in [-0.39, 0.29) is 29.5 Å². The fourth-order valence-corrected chi connectivity index (χ4v) is 3.23. The molecule has 0 saturated heterocycles. The van der Waals surface area contributed by atoms with Crippen molar-refractivity contribution in [2.45, 2.75) is 32.3 Å². The molecule has 2 rings (SSSR count). The molecule has 0 unspecified atom stereocenters. The van der Waals surface area contributed by atoms with Crippen LogP contribution in [0.4, 0.5) is 4.39 Å². The van der Waals surface area contributed by atoms with Crippen molar-refractivity contribution in [1.29, 1.82) is 0 Å². The average Bonchev–Trinajstić information content (AvgIpc) is 2.60. The summed E-state index contributed by atoms with van der Waals surface area (Å²) < 4.78 is 15.3. The van der Waals surface area contributed by atoms with E-state index in [1.54, 1.807) is 32.2 Å². The molecule has 1 aromatic carbocycles. The van der Waals surface area contributed by atoms with Crippen molar-refractivity contribution in [3.63, 3.8) is 0 Å². The second-order valence-electron chi connectivity index (χ2n) is 6.58. The fraction of sp³-hybridized carbons (Fsp3) is 0.421. The molecule has 0 spiro atoms. The molecule has 26 heavy (non-hydrogen) atoms. The zero-order valence-electron chi connectivity index (χ0n) is 15.5. The van der Waals surface area contributed by atoms with Crippen molar-refractivity contribution in [1.82, 2.24) is 14.9 Å². The van der Waals surface area contributed by atoms with E-state index in [2.05, 4.69) is 10.3 Å². The molecule has 0 aliphatic rings. The maximum absolute atomic E-state index is 13.9. The SMILES string of the molecule is Cc1nc(SCC(=O)NCC(C)C)n(C)c(=O)c1Cc1ccccc1F. The Morgan fingerprint density at radius 2 is 2.04 bits per heavy atom. The fourth-order valence-electron chi connectivity index (χ4n) is 2.39. The highest BCUT2D eigenvalue weighted by Crippen LogP contribution is 2.17. The summed E-state index contributed by atoms with van der Waals surface area (Å²) in [6.07, 6.45) is 0.192. The summed E-state index contributed by atoms with van der Waals surface area (Å²) in [6, 6.07) is 6.40. The van der Waals surface area contributed by atoms with Crippen LogP contribution in [0.1, 0.15) is 30.7 Å². The van der Waals surface area contributed by atoms with E-state index in [1.807, 2.05) is 13.8 Å². The van der Waals surface area contributed by atoms with E-state index in [0.717, 1.165) is 0 Å². The Bertz CT molecular complexity index is 849. The van der Waals surface area contributed by atoms with Gasteiger partial charge in [0.15, 0.2) is 5.16 Å². The predicted molar refractivity (Wildman–Crippen MR) is 102 cm³/mol. The number of rotatable bonds is 7. The number of nitrogens with zero attached hydrogens (tertiary/aromatic N) is 2. The lowest BCUT2D eigenvalue weighted by Gasteiger charge is -2.12. The topological polar surface area (TPSA) is 64.0 Å². The van der Waals surface area contributed by atoms with E-state index in [0.29, 0.717) is 34.4 Å². The van der Waals surface area contributed by atoms with Crippen LogP contribution in [0.3, 0.4) is 0 Å². The first-order chi connectivity index (χ1) is 12.3. The van der Waals surface area contributed by atoms with E-state index in [9.17, 15) is 14.0 Å². The second kappa shape index (κ2) is 8.98. The molecule has 1 aromatic heterocycles. The Morgan fingerprint density at radius 1 is 1.35 bits per heavy atom. The highest BCUT2D eigenvalue weighted by molar-refractivity contribution is 7.99. The molecule has 0 fully saturated rings. The Kier molecular flexibility index (Phi) is 6.97. The van der Waals surface area contributed by atoms with Crippen LogP contribution in [0.15, 0.2) is 34.2 Å². The predicted octanol–water partition coefficient (Wildman–Crippen LogP) is 2.68. The average molecular weight is 377 g/mol. The minimum Gasteiger partial charge on any atom is -0.355 e. The van der Waals surface area contributed by atoms with Gasteiger partial charge in [0.05, 0.1) is 5.75 Å². The van der Waals surface area contributed by atoms with Crippen molar-refractivity contribution in [3.05, 3.63) is 57.3 Å². The molecule has 5 nitrogen and oxygen atoms in total. The van der Waals surface area contributed by atoms with Gasteiger partial charge in [-0.25, -0.2) is 9.37 Å². The zero-order valence-corrected chi connectivity index (χ0v) is 16.3. The molecule has 0 atom stereocenters. The molecule has 1 heterocycles.